The Morgan fingerprint density at radius 2 is 2.24 bits per heavy atom. The van der Waals surface area contributed by atoms with Crippen molar-refractivity contribution in [2.45, 2.75) is 0 Å². The molecule has 1 aromatic carbocycles. The molecular weight excluding hydrogens is 366 g/mol. The van der Waals surface area contributed by atoms with Gasteiger partial charge in [-0.05, 0) is 23.6 Å². The van der Waals surface area contributed by atoms with Gasteiger partial charge in [0.25, 0.3) is 11.6 Å². The molecule has 0 bridgehead atoms. The van der Waals surface area contributed by atoms with Crippen LogP contribution in [-0.4, -0.2) is 27.2 Å². The van der Waals surface area contributed by atoms with Crippen LogP contribution in [0.2, 0.25) is 5.02 Å². The fraction of sp³-hybridized carbons (Fsp3) is 0. The van der Waals surface area contributed by atoms with Crippen LogP contribution in [0, 0.1) is 10.1 Å². The van der Waals surface area contributed by atoms with Crippen LogP contribution < -0.4 is 5.43 Å². The molecule has 3 aromatic rings. The third-order valence-electron chi connectivity index (χ3n) is 3.14. The number of hydrogen-bond acceptors (Lipinski definition) is 6. The lowest BCUT2D eigenvalue weighted by Gasteiger charge is -1.97. The SMILES string of the molecule is O=C(NN=Cc1ccc(Cl)c([N+](=O)[O-])c1)c1cc(-c2cccs2)[nH]n1. The predicted molar refractivity (Wildman–Crippen MR) is 95.1 cm³/mol. The maximum Gasteiger partial charge on any atom is 0.291 e. The van der Waals surface area contributed by atoms with Gasteiger partial charge in [0.05, 0.1) is 21.7 Å². The van der Waals surface area contributed by atoms with E-state index in [1.54, 1.807) is 12.1 Å². The van der Waals surface area contributed by atoms with E-state index in [1.807, 2.05) is 17.5 Å². The summed E-state index contributed by atoms with van der Waals surface area (Å²) in [7, 11) is 0. The second kappa shape index (κ2) is 7.24. The average Bonchev–Trinajstić information content (AvgIpc) is 3.27. The number of carbonyl (C=O) groups is 1. The van der Waals surface area contributed by atoms with Gasteiger partial charge in [0.1, 0.15) is 5.02 Å². The number of nitrogens with zero attached hydrogens (tertiary/aromatic N) is 3. The molecule has 0 saturated carbocycles. The fourth-order valence-electron chi connectivity index (χ4n) is 1.97. The molecule has 2 aromatic heterocycles. The topological polar surface area (TPSA) is 113 Å². The zero-order chi connectivity index (χ0) is 17.8. The molecule has 0 spiro atoms. The summed E-state index contributed by atoms with van der Waals surface area (Å²) in [5.41, 5.74) is 3.43. The third kappa shape index (κ3) is 3.90. The van der Waals surface area contributed by atoms with Gasteiger partial charge in [-0.1, -0.05) is 23.7 Å². The number of hydrazone groups is 1. The minimum atomic E-state index is -0.589. The number of aromatic nitrogens is 2. The van der Waals surface area contributed by atoms with Gasteiger partial charge in [-0.2, -0.15) is 10.2 Å². The first-order valence-electron chi connectivity index (χ1n) is 6.91. The summed E-state index contributed by atoms with van der Waals surface area (Å²) in [4.78, 5) is 23.2. The van der Waals surface area contributed by atoms with Gasteiger partial charge in [0, 0.05) is 11.6 Å². The number of thiophene rings is 1. The van der Waals surface area contributed by atoms with Crippen molar-refractivity contribution in [3.05, 3.63) is 68.2 Å². The van der Waals surface area contributed by atoms with Crippen molar-refractivity contribution in [2.75, 3.05) is 0 Å². The molecule has 126 valence electrons. The Labute approximate surface area is 150 Å². The molecule has 8 nitrogen and oxygen atoms in total. The molecule has 2 heterocycles. The average molecular weight is 376 g/mol. The summed E-state index contributed by atoms with van der Waals surface area (Å²) in [5, 5.41) is 23.3. The smallest absolute Gasteiger partial charge is 0.276 e. The number of benzene rings is 1. The number of rotatable bonds is 5. The predicted octanol–water partition coefficient (Wildman–Crippen LogP) is 3.46. The highest BCUT2D eigenvalue weighted by atomic mass is 35.5. The Kier molecular flexibility index (Phi) is 4.87. The number of aromatic amines is 1. The summed E-state index contributed by atoms with van der Waals surface area (Å²) in [6.45, 7) is 0. The van der Waals surface area contributed by atoms with E-state index in [0.717, 1.165) is 10.6 Å². The maximum absolute atomic E-state index is 12.0. The minimum absolute atomic E-state index is 0.0313. The van der Waals surface area contributed by atoms with E-state index in [0.29, 0.717) is 5.56 Å². The Hall–Kier alpha value is -3.04. The first-order chi connectivity index (χ1) is 12.0. The van der Waals surface area contributed by atoms with Crippen molar-refractivity contribution in [1.29, 1.82) is 0 Å². The number of hydrogen-bond donors (Lipinski definition) is 2. The highest BCUT2D eigenvalue weighted by molar-refractivity contribution is 7.13. The number of nitro benzene ring substituents is 1. The van der Waals surface area contributed by atoms with E-state index < -0.39 is 10.8 Å². The summed E-state index contributed by atoms with van der Waals surface area (Å²) in [6.07, 6.45) is 1.29. The van der Waals surface area contributed by atoms with Gasteiger partial charge in [-0.15, -0.1) is 11.3 Å². The monoisotopic (exact) mass is 375 g/mol. The summed E-state index contributed by atoms with van der Waals surface area (Å²) < 4.78 is 0. The molecule has 10 heteroatoms. The second-order valence-electron chi connectivity index (χ2n) is 4.81. The molecule has 0 unspecified atom stereocenters. The summed E-state index contributed by atoms with van der Waals surface area (Å²) in [6, 6.07) is 9.63. The van der Waals surface area contributed by atoms with Crippen molar-refractivity contribution >= 4 is 40.7 Å². The number of nitrogens with one attached hydrogen (secondary N) is 2. The molecule has 0 aliphatic carbocycles. The Morgan fingerprint density at radius 3 is 2.96 bits per heavy atom. The lowest BCUT2D eigenvalue weighted by molar-refractivity contribution is -0.384. The zero-order valence-electron chi connectivity index (χ0n) is 12.5. The van der Waals surface area contributed by atoms with Crippen molar-refractivity contribution in [3.63, 3.8) is 0 Å². The molecule has 0 fully saturated rings. The van der Waals surface area contributed by atoms with Gasteiger partial charge in [0.15, 0.2) is 5.69 Å². The van der Waals surface area contributed by atoms with E-state index >= 15 is 0 Å². The Morgan fingerprint density at radius 1 is 1.40 bits per heavy atom. The van der Waals surface area contributed by atoms with Crippen LogP contribution in [0.15, 0.2) is 46.9 Å². The first-order valence-corrected chi connectivity index (χ1v) is 8.17. The quantitative estimate of drug-likeness (QED) is 0.403. The van der Waals surface area contributed by atoms with Crippen LogP contribution in [-0.2, 0) is 0 Å². The molecule has 0 aliphatic heterocycles. The number of nitro groups is 1. The molecule has 0 aliphatic rings. The van der Waals surface area contributed by atoms with Crippen LogP contribution in [0.3, 0.4) is 0 Å². The van der Waals surface area contributed by atoms with Crippen molar-refractivity contribution < 1.29 is 9.72 Å². The lowest BCUT2D eigenvalue weighted by atomic mass is 10.2. The van der Waals surface area contributed by atoms with Crippen LogP contribution in [0.4, 0.5) is 5.69 Å². The van der Waals surface area contributed by atoms with E-state index in [1.165, 1.54) is 29.7 Å². The molecule has 1 amide bonds. The van der Waals surface area contributed by atoms with Gasteiger partial charge in [0.2, 0.25) is 0 Å². The van der Waals surface area contributed by atoms with E-state index in [9.17, 15) is 14.9 Å². The number of H-pyrrole nitrogens is 1. The summed E-state index contributed by atoms with van der Waals surface area (Å²) >= 11 is 7.26. The van der Waals surface area contributed by atoms with Gasteiger partial charge in [-0.25, -0.2) is 5.43 Å². The van der Waals surface area contributed by atoms with Crippen LogP contribution >= 0.6 is 22.9 Å². The third-order valence-corrected chi connectivity index (χ3v) is 4.37. The van der Waals surface area contributed by atoms with E-state index in [-0.39, 0.29) is 16.4 Å². The molecule has 25 heavy (non-hydrogen) atoms. The largest absolute Gasteiger partial charge is 0.291 e. The van der Waals surface area contributed by atoms with Crippen LogP contribution in [0.25, 0.3) is 10.6 Å². The molecular formula is C15H10ClN5O3S. The number of amides is 1. The fourth-order valence-corrected chi connectivity index (χ4v) is 2.85. The zero-order valence-corrected chi connectivity index (χ0v) is 14.0. The van der Waals surface area contributed by atoms with Crippen molar-refractivity contribution in [1.82, 2.24) is 15.6 Å². The van der Waals surface area contributed by atoms with Crippen LogP contribution in [0.1, 0.15) is 16.1 Å². The van der Waals surface area contributed by atoms with Crippen LogP contribution in [0.5, 0.6) is 0 Å². The highest BCUT2D eigenvalue weighted by Gasteiger charge is 2.13. The van der Waals surface area contributed by atoms with Gasteiger partial charge >= 0.3 is 0 Å². The van der Waals surface area contributed by atoms with E-state index in [4.69, 9.17) is 11.6 Å². The normalized spacial score (nSPS) is 10.9. The van der Waals surface area contributed by atoms with Crippen molar-refractivity contribution in [2.24, 2.45) is 5.10 Å². The second-order valence-corrected chi connectivity index (χ2v) is 6.17. The summed E-state index contributed by atoms with van der Waals surface area (Å²) in [5.74, 6) is -0.501. The molecule has 0 saturated heterocycles. The lowest BCUT2D eigenvalue weighted by Crippen LogP contribution is -2.18. The Balaban J connectivity index is 1.67. The molecule has 0 atom stereocenters. The molecule has 2 N–H and O–H groups in total. The Bertz CT molecular complexity index is 952. The van der Waals surface area contributed by atoms with Gasteiger partial charge < -0.3 is 0 Å². The van der Waals surface area contributed by atoms with Gasteiger partial charge in [-0.3, -0.25) is 20.0 Å². The maximum atomic E-state index is 12.0. The standard InChI is InChI=1S/C15H10ClN5O3S/c16-10-4-3-9(6-13(10)21(23)24)8-17-20-15(22)12-7-11(18-19-12)14-2-1-5-25-14/h1-8H,(H,18,19)(H,20,22). The van der Waals surface area contributed by atoms with Crippen molar-refractivity contribution in [3.8, 4) is 10.6 Å². The number of carbonyl (C=O) groups excluding carboxylic acids is 1. The van der Waals surface area contributed by atoms with E-state index in [2.05, 4.69) is 20.7 Å². The molecule has 0 radical (unpaired) electrons. The first kappa shape index (κ1) is 16.8. The minimum Gasteiger partial charge on any atom is -0.276 e. The highest BCUT2D eigenvalue weighted by Crippen LogP contribution is 2.24. The number of halogens is 1. The molecule has 3 rings (SSSR count).